The minimum atomic E-state index is -3.79. The summed E-state index contributed by atoms with van der Waals surface area (Å²) in [6, 6.07) is 15.9. The maximum Gasteiger partial charge on any atom is 0.285 e. The second-order valence-electron chi connectivity index (χ2n) is 5.46. The Morgan fingerprint density at radius 2 is 1.72 bits per heavy atom. The fraction of sp³-hybridized carbons (Fsp3) is 0.167. The number of sulfonamides is 1. The second kappa shape index (κ2) is 7.15. The molecule has 0 saturated heterocycles. The van der Waals surface area contributed by atoms with Crippen molar-refractivity contribution < 1.29 is 8.42 Å². The number of thiazole rings is 1. The Morgan fingerprint density at radius 3 is 2.32 bits per heavy atom. The molecule has 130 valence electrons. The molecule has 0 radical (unpaired) electrons. The molecule has 0 saturated carbocycles. The van der Waals surface area contributed by atoms with Crippen molar-refractivity contribution in [3.8, 4) is 11.3 Å². The number of aryl methyl sites for hydroxylation is 1. The molecule has 0 unspecified atom stereocenters. The first-order valence-corrected chi connectivity index (χ1v) is 10.4. The van der Waals surface area contributed by atoms with Crippen molar-refractivity contribution in [2.45, 2.75) is 18.2 Å². The van der Waals surface area contributed by atoms with E-state index in [1.54, 1.807) is 12.1 Å². The third-order valence-electron chi connectivity index (χ3n) is 3.78. The van der Waals surface area contributed by atoms with E-state index in [2.05, 4.69) is 11.3 Å². The summed E-state index contributed by atoms with van der Waals surface area (Å²) in [7, 11) is -1.95. The van der Waals surface area contributed by atoms with Crippen molar-refractivity contribution in [2.24, 2.45) is 11.4 Å². The standard InChI is InChI=1S/C18H17ClN2O2S2/c1-3-16-17(13-7-5-4-6-8-13)21(2)18(24-16)20-25(22,23)15-11-9-14(19)10-12-15/h4-12H,3H2,1-2H3. The van der Waals surface area contributed by atoms with Gasteiger partial charge in [-0.2, -0.15) is 8.42 Å². The molecule has 1 heterocycles. The molecule has 0 atom stereocenters. The van der Waals surface area contributed by atoms with Gasteiger partial charge in [0.05, 0.1) is 10.6 Å². The predicted molar refractivity (Wildman–Crippen MR) is 102 cm³/mol. The van der Waals surface area contributed by atoms with Crippen LogP contribution in [0.5, 0.6) is 0 Å². The second-order valence-corrected chi connectivity index (χ2v) is 8.56. The van der Waals surface area contributed by atoms with E-state index in [1.807, 2.05) is 41.9 Å². The molecule has 0 bridgehead atoms. The predicted octanol–water partition coefficient (Wildman–Crippen LogP) is 4.26. The van der Waals surface area contributed by atoms with Crippen molar-refractivity contribution in [1.82, 2.24) is 4.57 Å². The number of hydrogen-bond donors (Lipinski definition) is 0. The van der Waals surface area contributed by atoms with Crippen molar-refractivity contribution in [3.63, 3.8) is 0 Å². The van der Waals surface area contributed by atoms with E-state index in [4.69, 9.17) is 11.6 Å². The molecule has 0 aliphatic heterocycles. The summed E-state index contributed by atoms with van der Waals surface area (Å²) in [5, 5.41) is 0.486. The van der Waals surface area contributed by atoms with E-state index >= 15 is 0 Å². The molecule has 1 aromatic heterocycles. The fourth-order valence-corrected chi connectivity index (χ4v) is 4.97. The fourth-order valence-electron chi connectivity index (χ4n) is 2.54. The number of hydrogen-bond acceptors (Lipinski definition) is 3. The molecular formula is C18H17ClN2O2S2. The summed E-state index contributed by atoms with van der Waals surface area (Å²) in [5.41, 5.74) is 2.04. The van der Waals surface area contributed by atoms with Gasteiger partial charge >= 0.3 is 0 Å². The summed E-state index contributed by atoms with van der Waals surface area (Å²) in [6.07, 6.45) is 0.805. The van der Waals surface area contributed by atoms with Crippen LogP contribution in [0.25, 0.3) is 11.3 Å². The van der Waals surface area contributed by atoms with Gasteiger partial charge in [-0.1, -0.05) is 48.9 Å². The Kier molecular flexibility index (Phi) is 5.13. The number of aromatic nitrogens is 1. The van der Waals surface area contributed by atoms with Crippen LogP contribution in [-0.4, -0.2) is 13.0 Å². The highest BCUT2D eigenvalue weighted by Crippen LogP contribution is 2.26. The molecule has 3 aromatic rings. The Bertz CT molecular complexity index is 1050. The van der Waals surface area contributed by atoms with Crippen LogP contribution in [-0.2, 0) is 23.5 Å². The molecule has 0 aliphatic rings. The maximum absolute atomic E-state index is 12.6. The monoisotopic (exact) mass is 392 g/mol. The van der Waals surface area contributed by atoms with Gasteiger partial charge in [-0.25, -0.2) is 0 Å². The summed E-state index contributed by atoms with van der Waals surface area (Å²) in [5.74, 6) is 0. The first-order valence-electron chi connectivity index (χ1n) is 7.73. The molecule has 25 heavy (non-hydrogen) atoms. The largest absolute Gasteiger partial charge is 0.319 e. The number of rotatable bonds is 4. The van der Waals surface area contributed by atoms with E-state index in [9.17, 15) is 8.42 Å². The van der Waals surface area contributed by atoms with Crippen LogP contribution in [0.4, 0.5) is 0 Å². The van der Waals surface area contributed by atoms with Crippen LogP contribution >= 0.6 is 22.9 Å². The van der Waals surface area contributed by atoms with Gasteiger partial charge in [-0.15, -0.1) is 15.7 Å². The average molecular weight is 393 g/mol. The average Bonchev–Trinajstić information content (AvgIpc) is 2.91. The smallest absolute Gasteiger partial charge is 0.285 e. The van der Waals surface area contributed by atoms with Crippen molar-refractivity contribution in [2.75, 3.05) is 0 Å². The zero-order valence-corrected chi connectivity index (χ0v) is 16.2. The SMILES string of the molecule is CCc1sc(=NS(=O)(=O)c2ccc(Cl)cc2)n(C)c1-c1ccccc1. The number of halogens is 1. The van der Waals surface area contributed by atoms with Crippen LogP contribution < -0.4 is 4.80 Å². The van der Waals surface area contributed by atoms with Crippen LogP contribution in [0.2, 0.25) is 5.02 Å². The highest BCUT2D eigenvalue weighted by atomic mass is 35.5. The van der Waals surface area contributed by atoms with Crippen LogP contribution in [0.3, 0.4) is 0 Å². The molecule has 7 heteroatoms. The lowest BCUT2D eigenvalue weighted by molar-refractivity contribution is 0.596. The summed E-state index contributed by atoms with van der Waals surface area (Å²) < 4.78 is 31.1. The molecule has 0 spiro atoms. The van der Waals surface area contributed by atoms with Gasteiger partial charge in [0, 0.05) is 16.9 Å². The van der Waals surface area contributed by atoms with Crippen LogP contribution in [0.1, 0.15) is 11.8 Å². The van der Waals surface area contributed by atoms with Crippen molar-refractivity contribution in [3.05, 3.63) is 69.3 Å². The van der Waals surface area contributed by atoms with Gasteiger partial charge in [0.25, 0.3) is 10.0 Å². The molecule has 0 N–H and O–H groups in total. The molecule has 0 fully saturated rings. The Morgan fingerprint density at radius 1 is 1.08 bits per heavy atom. The molecule has 0 amide bonds. The van der Waals surface area contributed by atoms with Gasteiger partial charge in [0.1, 0.15) is 0 Å². The number of benzene rings is 2. The minimum Gasteiger partial charge on any atom is -0.319 e. The summed E-state index contributed by atoms with van der Waals surface area (Å²) in [6.45, 7) is 2.05. The normalized spacial score (nSPS) is 12.5. The molecule has 2 aromatic carbocycles. The molecular weight excluding hydrogens is 376 g/mol. The van der Waals surface area contributed by atoms with E-state index in [1.165, 1.54) is 23.5 Å². The van der Waals surface area contributed by atoms with E-state index < -0.39 is 10.0 Å². The van der Waals surface area contributed by atoms with Gasteiger partial charge in [0.2, 0.25) is 4.80 Å². The van der Waals surface area contributed by atoms with Crippen LogP contribution in [0.15, 0.2) is 63.9 Å². The lowest BCUT2D eigenvalue weighted by Gasteiger charge is -2.05. The Hall–Kier alpha value is -1.89. The van der Waals surface area contributed by atoms with Gasteiger partial charge in [-0.05, 0) is 36.2 Å². The summed E-state index contributed by atoms with van der Waals surface area (Å²) in [4.78, 5) is 1.68. The Labute approximate surface area is 156 Å². The molecule has 0 aliphatic carbocycles. The third-order valence-corrected chi connectivity index (χ3v) is 6.70. The lowest BCUT2D eigenvalue weighted by atomic mass is 10.1. The van der Waals surface area contributed by atoms with E-state index in [0.717, 1.165) is 22.6 Å². The van der Waals surface area contributed by atoms with Crippen molar-refractivity contribution in [1.29, 1.82) is 0 Å². The van der Waals surface area contributed by atoms with E-state index in [0.29, 0.717) is 9.82 Å². The van der Waals surface area contributed by atoms with Crippen LogP contribution in [0, 0.1) is 0 Å². The minimum absolute atomic E-state index is 0.129. The molecule has 3 rings (SSSR count). The quantitative estimate of drug-likeness (QED) is 0.666. The van der Waals surface area contributed by atoms with Gasteiger partial charge in [0.15, 0.2) is 0 Å². The first-order chi connectivity index (χ1) is 11.9. The zero-order valence-electron chi connectivity index (χ0n) is 13.8. The topological polar surface area (TPSA) is 51.4 Å². The van der Waals surface area contributed by atoms with Gasteiger partial charge < -0.3 is 4.57 Å². The Balaban J connectivity index is 2.16. The number of nitrogens with zero attached hydrogens (tertiary/aromatic N) is 2. The van der Waals surface area contributed by atoms with E-state index in [-0.39, 0.29) is 4.90 Å². The molecule has 4 nitrogen and oxygen atoms in total. The highest BCUT2D eigenvalue weighted by Gasteiger charge is 2.16. The highest BCUT2D eigenvalue weighted by molar-refractivity contribution is 7.90. The van der Waals surface area contributed by atoms with Crippen molar-refractivity contribution >= 4 is 33.0 Å². The maximum atomic E-state index is 12.6. The summed E-state index contributed by atoms with van der Waals surface area (Å²) >= 11 is 7.23. The zero-order chi connectivity index (χ0) is 18.0. The van der Waals surface area contributed by atoms with Gasteiger partial charge in [-0.3, -0.25) is 0 Å². The first kappa shape index (κ1) is 17.9. The third kappa shape index (κ3) is 3.71. The lowest BCUT2D eigenvalue weighted by Crippen LogP contribution is -2.14.